The van der Waals surface area contributed by atoms with Crippen LogP contribution in [-0.2, 0) is 12.6 Å². The van der Waals surface area contributed by atoms with E-state index in [-0.39, 0.29) is 6.03 Å². The van der Waals surface area contributed by atoms with Crippen LogP contribution < -0.4 is 5.32 Å². The Morgan fingerprint density at radius 1 is 1.04 bits per heavy atom. The van der Waals surface area contributed by atoms with Gasteiger partial charge in [-0.25, -0.2) is 4.79 Å². The predicted molar refractivity (Wildman–Crippen MR) is 103 cm³/mol. The van der Waals surface area contributed by atoms with Gasteiger partial charge in [-0.2, -0.15) is 13.2 Å². The first-order valence-electron chi connectivity index (χ1n) is 8.79. The number of para-hydroxylation sites is 1. The molecule has 28 heavy (non-hydrogen) atoms. The van der Waals surface area contributed by atoms with Gasteiger partial charge in [0.05, 0.1) is 11.6 Å². The molecule has 0 unspecified atom stereocenters. The number of nitrogens with one attached hydrogen (secondary N) is 1. The molecule has 2 aromatic carbocycles. The third kappa shape index (κ3) is 3.62. The molecule has 0 spiro atoms. The van der Waals surface area contributed by atoms with E-state index in [0.717, 1.165) is 29.0 Å². The van der Waals surface area contributed by atoms with Crippen LogP contribution in [0.25, 0.3) is 0 Å². The monoisotopic (exact) mass is 402 g/mol. The average Bonchev–Trinajstić information content (AvgIpc) is 3.16. The van der Waals surface area contributed by atoms with Gasteiger partial charge in [0.25, 0.3) is 0 Å². The van der Waals surface area contributed by atoms with E-state index in [1.165, 1.54) is 12.1 Å². The third-order valence-corrected chi connectivity index (χ3v) is 5.80. The molecule has 1 aliphatic heterocycles. The molecule has 144 valence electrons. The van der Waals surface area contributed by atoms with Crippen LogP contribution in [0.1, 0.15) is 27.6 Å². The molecule has 2 heterocycles. The van der Waals surface area contributed by atoms with Crippen molar-refractivity contribution >= 4 is 23.1 Å². The summed E-state index contributed by atoms with van der Waals surface area (Å²) in [5.74, 6) is 0. The molecule has 3 aromatic rings. The van der Waals surface area contributed by atoms with Gasteiger partial charge in [-0.1, -0.05) is 30.3 Å². The number of nitrogens with zero attached hydrogens (tertiary/aromatic N) is 1. The number of urea groups is 1. The number of thiophene rings is 1. The van der Waals surface area contributed by atoms with Gasteiger partial charge in [0.15, 0.2) is 0 Å². The summed E-state index contributed by atoms with van der Waals surface area (Å²) in [5, 5.41) is 4.84. The Balaban J connectivity index is 1.67. The van der Waals surface area contributed by atoms with Crippen LogP contribution in [0.3, 0.4) is 0 Å². The maximum Gasteiger partial charge on any atom is 0.416 e. The zero-order valence-electron chi connectivity index (χ0n) is 14.7. The summed E-state index contributed by atoms with van der Waals surface area (Å²) in [6, 6.07) is 15.4. The van der Waals surface area contributed by atoms with Crippen molar-refractivity contribution in [3.8, 4) is 0 Å². The van der Waals surface area contributed by atoms with Crippen molar-refractivity contribution in [1.82, 2.24) is 4.90 Å². The van der Waals surface area contributed by atoms with Gasteiger partial charge in [-0.3, -0.25) is 0 Å². The van der Waals surface area contributed by atoms with Gasteiger partial charge in [0, 0.05) is 17.1 Å². The quantitative estimate of drug-likeness (QED) is 0.565. The van der Waals surface area contributed by atoms with Crippen molar-refractivity contribution in [3.05, 3.63) is 87.6 Å². The van der Waals surface area contributed by atoms with Crippen LogP contribution in [0.4, 0.5) is 23.7 Å². The van der Waals surface area contributed by atoms with E-state index in [2.05, 4.69) is 5.32 Å². The van der Waals surface area contributed by atoms with Crippen LogP contribution in [0.15, 0.2) is 66.0 Å². The molecule has 0 saturated carbocycles. The molecule has 0 bridgehead atoms. The van der Waals surface area contributed by atoms with Crippen LogP contribution in [0.2, 0.25) is 0 Å². The molecule has 1 atom stereocenters. The number of alkyl halides is 3. The third-order valence-electron chi connectivity index (χ3n) is 4.81. The molecule has 0 saturated heterocycles. The van der Waals surface area contributed by atoms with Crippen molar-refractivity contribution in [2.75, 3.05) is 11.9 Å². The Labute approximate surface area is 164 Å². The standard InChI is InChI=1S/C21H17F3N2OS/c22-21(23,24)15-8-6-14(7-9-15)19-17-11-13-28-18(17)10-12-26(19)20(27)25-16-4-2-1-3-5-16/h1-9,11,13,19H,10,12H2,(H,25,27)/t19-/m0/s1. The summed E-state index contributed by atoms with van der Waals surface area (Å²) < 4.78 is 38.8. The molecule has 1 aromatic heterocycles. The Kier molecular flexibility index (Phi) is 4.85. The van der Waals surface area contributed by atoms with E-state index in [1.54, 1.807) is 28.4 Å². The molecule has 3 nitrogen and oxygen atoms in total. The van der Waals surface area contributed by atoms with Gasteiger partial charge in [-0.15, -0.1) is 11.3 Å². The lowest BCUT2D eigenvalue weighted by Gasteiger charge is -2.36. The number of anilines is 1. The lowest BCUT2D eigenvalue weighted by Crippen LogP contribution is -2.42. The summed E-state index contributed by atoms with van der Waals surface area (Å²) in [6.07, 6.45) is -3.66. The molecule has 7 heteroatoms. The minimum absolute atomic E-state index is 0.270. The zero-order valence-corrected chi connectivity index (χ0v) is 15.6. The molecule has 1 aliphatic rings. The Hall–Kier alpha value is -2.80. The summed E-state index contributed by atoms with van der Waals surface area (Å²) in [4.78, 5) is 15.8. The largest absolute Gasteiger partial charge is 0.416 e. The molecule has 0 fully saturated rings. The number of carbonyl (C=O) groups is 1. The Morgan fingerprint density at radius 2 is 1.75 bits per heavy atom. The fourth-order valence-corrected chi connectivity index (χ4v) is 4.37. The number of hydrogen-bond donors (Lipinski definition) is 1. The highest BCUT2D eigenvalue weighted by Gasteiger charge is 2.34. The van der Waals surface area contributed by atoms with Crippen molar-refractivity contribution < 1.29 is 18.0 Å². The highest BCUT2D eigenvalue weighted by atomic mass is 32.1. The normalized spacial score (nSPS) is 16.5. The van der Waals surface area contributed by atoms with Crippen LogP contribution >= 0.6 is 11.3 Å². The molecule has 0 radical (unpaired) electrons. The zero-order chi connectivity index (χ0) is 19.7. The number of rotatable bonds is 2. The van der Waals surface area contributed by atoms with Crippen LogP contribution in [-0.4, -0.2) is 17.5 Å². The number of halogens is 3. The smallest absolute Gasteiger partial charge is 0.313 e. The number of carbonyl (C=O) groups excluding carboxylic acids is 1. The predicted octanol–water partition coefficient (Wildman–Crippen LogP) is 5.95. The maximum absolute atomic E-state index is 12.9. The fraction of sp³-hybridized carbons (Fsp3) is 0.190. The lowest BCUT2D eigenvalue weighted by atomic mass is 9.93. The SMILES string of the molecule is O=C(Nc1ccccc1)N1CCc2sccc2[C@@H]1c1ccc(C(F)(F)F)cc1. The summed E-state index contributed by atoms with van der Waals surface area (Å²) in [6.45, 7) is 0.498. The van der Waals surface area contributed by atoms with Crippen molar-refractivity contribution in [1.29, 1.82) is 0 Å². The van der Waals surface area contributed by atoms with E-state index < -0.39 is 17.8 Å². The summed E-state index contributed by atoms with van der Waals surface area (Å²) >= 11 is 1.61. The van der Waals surface area contributed by atoms with Gasteiger partial charge >= 0.3 is 12.2 Å². The second-order valence-electron chi connectivity index (χ2n) is 6.56. The second-order valence-corrected chi connectivity index (χ2v) is 7.56. The molecule has 4 rings (SSSR count). The number of fused-ring (bicyclic) bond motifs is 1. The van der Waals surface area contributed by atoms with E-state index >= 15 is 0 Å². The topological polar surface area (TPSA) is 32.3 Å². The Bertz CT molecular complexity index is 967. The van der Waals surface area contributed by atoms with E-state index in [9.17, 15) is 18.0 Å². The first-order valence-corrected chi connectivity index (χ1v) is 9.67. The van der Waals surface area contributed by atoms with E-state index in [1.807, 2.05) is 29.6 Å². The second kappa shape index (κ2) is 7.31. The van der Waals surface area contributed by atoms with Gasteiger partial charge < -0.3 is 10.2 Å². The number of amides is 2. The molecule has 0 aliphatic carbocycles. The summed E-state index contributed by atoms with van der Waals surface area (Å²) in [7, 11) is 0. The summed E-state index contributed by atoms with van der Waals surface area (Å²) in [5.41, 5.74) is 1.61. The highest BCUT2D eigenvalue weighted by molar-refractivity contribution is 7.10. The van der Waals surface area contributed by atoms with Crippen molar-refractivity contribution in [2.24, 2.45) is 0 Å². The molecular formula is C21H17F3N2OS. The van der Waals surface area contributed by atoms with Crippen LogP contribution in [0, 0.1) is 0 Å². The lowest BCUT2D eigenvalue weighted by molar-refractivity contribution is -0.137. The van der Waals surface area contributed by atoms with E-state index in [0.29, 0.717) is 17.8 Å². The first kappa shape index (κ1) is 18.6. The Morgan fingerprint density at radius 3 is 2.43 bits per heavy atom. The average molecular weight is 402 g/mol. The molecular weight excluding hydrogens is 385 g/mol. The first-order chi connectivity index (χ1) is 13.4. The number of benzene rings is 2. The molecule has 1 N–H and O–H groups in total. The van der Waals surface area contributed by atoms with Gasteiger partial charge in [0.1, 0.15) is 0 Å². The van der Waals surface area contributed by atoms with Gasteiger partial charge in [-0.05, 0) is 53.3 Å². The minimum Gasteiger partial charge on any atom is -0.313 e. The minimum atomic E-state index is -4.39. The maximum atomic E-state index is 12.9. The van der Waals surface area contributed by atoms with Crippen molar-refractivity contribution in [3.63, 3.8) is 0 Å². The molecule has 2 amide bonds. The van der Waals surface area contributed by atoms with Crippen molar-refractivity contribution in [2.45, 2.75) is 18.6 Å². The number of hydrogen-bond acceptors (Lipinski definition) is 2. The van der Waals surface area contributed by atoms with Gasteiger partial charge in [0.2, 0.25) is 0 Å². The van der Waals surface area contributed by atoms with E-state index in [4.69, 9.17) is 0 Å². The fourth-order valence-electron chi connectivity index (χ4n) is 3.47. The van der Waals surface area contributed by atoms with Crippen LogP contribution in [0.5, 0.6) is 0 Å². The highest BCUT2D eigenvalue weighted by Crippen LogP contribution is 2.39.